The number of nitrogens with one attached hydrogen (secondary N) is 1. The van der Waals surface area contributed by atoms with Gasteiger partial charge in [0, 0.05) is 10.5 Å². The van der Waals surface area contributed by atoms with Crippen LogP contribution in [0.4, 0.5) is 13.2 Å². The first kappa shape index (κ1) is 15.0. The predicted molar refractivity (Wildman–Crippen MR) is 74.2 cm³/mol. The summed E-state index contributed by atoms with van der Waals surface area (Å²) in [5, 5.41) is 0. The van der Waals surface area contributed by atoms with Crippen molar-refractivity contribution in [1.82, 2.24) is 5.43 Å². The van der Waals surface area contributed by atoms with Crippen molar-refractivity contribution in [2.75, 3.05) is 0 Å². The molecule has 0 aliphatic rings. The van der Waals surface area contributed by atoms with Crippen molar-refractivity contribution in [3.8, 4) is 0 Å². The van der Waals surface area contributed by atoms with E-state index in [0.29, 0.717) is 11.1 Å². The van der Waals surface area contributed by atoms with Gasteiger partial charge < -0.3 is 0 Å². The van der Waals surface area contributed by atoms with Crippen molar-refractivity contribution in [1.29, 1.82) is 0 Å². The Bertz CT molecular complexity index is 599. The van der Waals surface area contributed by atoms with Crippen LogP contribution < -0.4 is 11.3 Å². The number of rotatable bonds is 4. The van der Waals surface area contributed by atoms with E-state index < -0.39 is 23.5 Å². The van der Waals surface area contributed by atoms with Crippen LogP contribution in [0.2, 0.25) is 0 Å². The Balaban J connectivity index is 2.30. The lowest BCUT2D eigenvalue weighted by Gasteiger charge is -2.17. The first-order valence-electron chi connectivity index (χ1n) is 5.85. The van der Waals surface area contributed by atoms with Crippen LogP contribution in [0, 0.1) is 17.5 Å². The molecule has 1 unspecified atom stereocenters. The highest BCUT2D eigenvalue weighted by Crippen LogP contribution is 2.23. The molecule has 0 spiro atoms. The topological polar surface area (TPSA) is 38.0 Å². The molecule has 0 amide bonds. The van der Waals surface area contributed by atoms with Crippen molar-refractivity contribution in [3.05, 3.63) is 69.4 Å². The number of nitrogens with two attached hydrogens (primary N) is 1. The van der Waals surface area contributed by atoms with Crippen LogP contribution in [0.25, 0.3) is 0 Å². The molecule has 2 nitrogen and oxygen atoms in total. The highest BCUT2D eigenvalue weighted by atomic mass is 79.9. The molecule has 0 aromatic heterocycles. The van der Waals surface area contributed by atoms with Crippen molar-refractivity contribution in [2.24, 2.45) is 5.84 Å². The molecule has 0 saturated carbocycles. The van der Waals surface area contributed by atoms with E-state index in [1.165, 1.54) is 18.2 Å². The third-order valence-electron chi connectivity index (χ3n) is 2.92. The van der Waals surface area contributed by atoms with Gasteiger partial charge in [0.15, 0.2) is 0 Å². The van der Waals surface area contributed by atoms with E-state index in [9.17, 15) is 13.2 Å². The average Bonchev–Trinajstić information content (AvgIpc) is 2.38. The van der Waals surface area contributed by atoms with Gasteiger partial charge in [-0.15, -0.1) is 0 Å². The zero-order chi connectivity index (χ0) is 14.7. The second kappa shape index (κ2) is 6.39. The lowest BCUT2D eigenvalue weighted by Crippen LogP contribution is -2.30. The van der Waals surface area contributed by atoms with Crippen molar-refractivity contribution < 1.29 is 13.2 Å². The highest BCUT2D eigenvalue weighted by Gasteiger charge is 2.15. The average molecular weight is 345 g/mol. The number of hydrogen-bond acceptors (Lipinski definition) is 2. The monoisotopic (exact) mass is 344 g/mol. The Morgan fingerprint density at radius 3 is 2.30 bits per heavy atom. The summed E-state index contributed by atoms with van der Waals surface area (Å²) in [6.45, 7) is 0. The molecule has 0 aliphatic carbocycles. The minimum Gasteiger partial charge on any atom is -0.271 e. The molecule has 0 heterocycles. The summed E-state index contributed by atoms with van der Waals surface area (Å²) in [7, 11) is 0. The van der Waals surface area contributed by atoms with Crippen LogP contribution in [-0.2, 0) is 6.42 Å². The minimum atomic E-state index is -0.699. The molecule has 106 valence electrons. The Morgan fingerprint density at radius 2 is 1.70 bits per heavy atom. The van der Waals surface area contributed by atoms with Gasteiger partial charge in [-0.3, -0.25) is 11.3 Å². The summed E-state index contributed by atoms with van der Waals surface area (Å²) >= 11 is 3.25. The molecule has 2 aromatic carbocycles. The molecule has 3 N–H and O–H groups in total. The van der Waals surface area contributed by atoms with Gasteiger partial charge in [-0.1, -0.05) is 15.9 Å². The smallest absolute Gasteiger partial charge is 0.126 e. The fraction of sp³-hybridized carbons (Fsp3) is 0.143. The number of hydrogen-bond donors (Lipinski definition) is 2. The molecular formula is C14H12BrF3N2. The van der Waals surface area contributed by atoms with E-state index in [2.05, 4.69) is 21.4 Å². The lowest BCUT2D eigenvalue weighted by molar-refractivity contribution is 0.516. The van der Waals surface area contributed by atoms with E-state index in [-0.39, 0.29) is 6.42 Å². The molecule has 0 saturated heterocycles. The van der Waals surface area contributed by atoms with Gasteiger partial charge in [0.2, 0.25) is 0 Å². The van der Waals surface area contributed by atoms with E-state index in [1.54, 1.807) is 12.1 Å². The van der Waals surface area contributed by atoms with Gasteiger partial charge in [0.1, 0.15) is 17.5 Å². The maximum absolute atomic E-state index is 13.7. The van der Waals surface area contributed by atoms with E-state index in [4.69, 9.17) is 5.84 Å². The van der Waals surface area contributed by atoms with E-state index in [0.717, 1.165) is 10.5 Å². The highest BCUT2D eigenvalue weighted by molar-refractivity contribution is 9.10. The maximum atomic E-state index is 13.7. The van der Waals surface area contributed by atoms with Crippen molar-refractivity contribution >= 4 is 15.9 Å². The second-order valence-corrected chi connectivity index (χ2v) is 5.28. The van der Waals surface area contributed by atoms with Gasteiger partial charge in [-0.25, -0.2) is 13.2 Å². The SMILES string of the molecule is NNC(Cc1cc(Br)ccc1F)c1cc(F)cc(F)c1. The largest absolute Gasteiger partial charge is 0.271 e. The Morgan fingerprint density at radius 1 is 1.05 bits per heavy atom. The zero-order valence-electron chi connectivity index (χ0n) is 10.3. The summed E-state index contributed by atoms with van der Waals surface area (Å²) in [5.41, 5.74) is 3.17. The van der Waals surface area contributed by atoms with Gasteiger partial charge >= 0.3 is 0 Å². The molecule has 0 fully saturated rings. The fourth-order valence-corrected chi connectivity index (χ4v) is 2.38. The molecule has 2 aromatic rings. The number of halogens is 4. The predicted octanol–water partition coefficient (Wildman–Crippen LogP) is 3.61. The molecule has 0 radical (unpaired) electrons. The normalized spacial score (nSPS) is 12.4. The van der Waals surface area contributed by atoms with Gasteiger partial charge in [-0.2, -0.15) is 0 Å². The zero-order valence-corrected chi connectivity index (χ0v) is 11.9. The molecule has 0 aliphatic heterocycles. The minimum absolute atomic E-state index is 0.171. The first-order chi connectivity index (χ1) is 9.49. The molecule has 0 bridgehead atoms. The third-order valence-corrected chi connectivity index (χ3v) is 3.41. The van der Waals surface area contributed by atoms with Crippen molar-refractivity contribution in [2.45, 2.75) is 12.5 Å². The van der Waals surface area contributed by atoms with Crippen LogP contribution in [0.3, 0.4) is 0 Å². The number of benzene rings is 2. The summed E-state index contributed by atoms with van der Waals surface area (Å²) in [5.74, 6) is 3.62. The van der Waals surface area contributed by atoms with Gasteiger partial charge in [0.25, 0.3) is 0 Å². The van der Waals surface area contributed by atoms with Gasteiger partial charge in [0.05, 0.1) is 6.04 Å². The van der Waals surface area contributed by atoms with Crippen LogP contribution in [0.5, 0.6) is 0 Å². The van der Waals surface area contributed by atoms with E-state index in [1.807, 2.05) is 0 Å². The lowest BCUT2D eigenvalue weighted by atomic mass is 9.99. The van der Waals surface area contributed by atoms with Crippen molar-refractivity contribution in [3.63, 3.8) is 0 Å². The molecule has 2 rings (SSSR count). The fourth-order valence-electron chi connectivity index (χ4n) is 1.97. The summed E-state index contributed by atoms with van der Waals surface area (Å²) in [6.07, 6.45) is 0.171. The van der Waals surface area contributed by atoms with E-state index >= 15 is 0 Å². The Kier molecular flexibility index (Phi) is 4.80. The standard InChI is InChI=1S/C14H12BrF3N2/c15-10-1-2-13(18)8(3-10)6-14(20-19)9-4-11(16)7-12(17)5-9/h1-5,7,14,20H,6,19H2. The summed E-state index contributed by atoms with van der Waals surface area (Å²) in [4.78, 5) is 0. The van der Waals surface area contributed by atoms with Crippen LogP contribution in [0.15, 0.2) is 40.9 Å². The molecular weight excluding hydrogens is 333 g/mol. The second-order valence-electron chi connectivity index (χ2n) is 4.36. The van der Waals surface area contributed by atoms with Crippen LogP contribution in [0.1, 0.15) is 17.2 Å². The summed E-state index contributed by atoms with van der Waals surface area (Å²) in [6, 6.07) is 7.02. The van der Waals surface area contributed by atoms with Crippen LogP contribution in [-0.4, -0.2) is 0 Å². The Hall–Kier alpha value is -1.37. The van der Waals surface area contributed by atoms with Crippen LogP contribution >= 0.6 is 15.9 Å². The first-order valence-corrected chi connectivity index (χ1v) is 6.65. The molecule has 1 atom stereocenters. The Labute approximate surface area is 122 Å². The molecule has 20 heavy (non-hydrogen) atoms. The quantitative estimate of drug-likeness (QED) is 0.656. The third kappa shape index (κ3) is 3.59. The molecule has 6 heteroatoms. The number of hydrazine groups is 1. The maximum Gasteiger partial charge on any atom is 0.126 e. The summed E-state index contributed by atoms with van der Waals surface area (Å²) < 4.78 is 40.9. The van der Waals surface area contributed by atoms with Gasteiger partial charge in [-0.05, 0) is 47.9 Å².